The number of aromatic nitrogens is 3. The molecule has 3 aliphatic heterocycles. The maximum absolute atomic E-state index is 13.0. The van der Waals surface area contributed by atoms with Crippen LogP contribution in [0.4, 0.5) is 0 Å². The molecule has 5 heterocycles. The molecule has 8 heteroatoms. The minimum absolute atomic E-state index is 0.0165. The highest BCUT2D eigenvalue weighted by Crippen LogP contribution is 2.33. The molecule has 0 saturated carbocycles. The van der Waals surface area contributed by atoms with Crippen molar-refractivity contribution < 1.29 is 14.1 Å². The number of ether oxygens (including phenoxy) is 1. The van der Waals surface area contributed by atoms with Crippen LogP contribution in [0.5, 0.6) is 0 Å². The minimum atomic E-state index is 0.0165. The fourth-order valence-corrected chi connectivity index (χ4v) is 4.80. The van der Waals surface area contributed by atoms with Crippen molar-refractivity contribution in [2.75, 3.05) is 33.4 Å². The summed E-state index contributed by atoms with van der Waals surface area (Å²) in [7, 11) is 2.04. The largest absolute Gasteiger partial charge is 0.381 e. The standard InChI is InChI=1S/C21H27N5O3/c1-13-18(19-23-20(29-24-19)14-6-9-28-12-14)16-5-8-26(11-15(16)10-22-13)21(27)17-4-3-7-25(17)2/h10,14,17H,3-9,11-12H2,1-2H3/t14-,17+/m1/s1. The van der Waals surface area contributed by atoms with Crippen LogP contribution >= 0.6 is 0 Å². The Balaban J connectivity index is 1.41. The van der Waals surface area contributed by atoms with Gasteiger partial charge in [0, 0.05) is 37.2 Å². The molecule has 2 fully saturated rings. The summed E-state index contributed by atoms with van der Waals surface area (Å²) in [5.74, 6) is 1.66. The number of likely N-dealkylation sites (N-methyl/N-ethyl adjacent to an activating group) is 1. The van der Waals surface area contributed by atoms with Gasteiger partial charge in [-0.25, -0.2) is 0 Å². The van der Waals surface area contributed by atoms with Crippen molar-refractivity contribution >= 4 is 5.91 Å². The first-order valence-electron chi connectivity index (χ1n) is 10.5. The highest BCUT2D eigenvalue weighted by molar-refractivity contribution is 5.82. The van der Waals surface area contributed by atoms with Crippen LogP contribution < -0.4 is 0 Å². The summed E-state index contributed by atoms with van der Waals surface area (Å²) in [6, 6.07) is 0.0165. The summed E-state index contributed by atoms with van der Waals surface area (Å²) in [5, 5.41) is 4.26. The van der Waals surface area contributed by atoms with Gasteiger partial charge in [0.25, 0.3) is 0 Å². The Hall–Kier alpha value is -2.32. The third-order valence-electron chi connectivity index (χ3n) is 6.52. The van der Waals surface area contributed by atoms with Gasteiger partial charge in [0.2, 0.25) is 17.6 Å². The molecule has 2 atom stereocenters. The molecule has 0 radical (unpaired) electrons. The summed E-state index contributed by atoms with van der Waals surface area (Å²) in [6.45, 7) is 5.67. The first-order chi connectivity index (χ1) is 14.1. The van der Waals surface area contributed by atoms with Crippen LogP contribution in [0.2, 0.25) is 0 Å². The summed E-state index contributed by atoms with van der Waals surface area (Å²) in [4.78, 5) is 26.4. The molecular formula is C21H27N5O3. The van der Waals surface area contributed by atoms with Gasteiger partial charge in [-0.1, -0.05) is 5.16 Å². The minimum Gasteiger partial charge on any atom is -0.381 e. The number of hydrogen-bond acceptors (Lipinski definition) is 7. The molecule has 29 heavy (non-hydrogen) atoms. The van der Waals surface area contributed by atoms with Crippen molar-refractivity contribution in [1.82, 2.24) is 24.9 Å². The van der Waals surface area contributed by atoms with Gasteiger partial charge in [-0.15, -0.1) is 0 Å². The molecule has 154 valence electrons. The predicted molar refractivity (Wildman–Crippen MR) is 105 cm³/mol. The molecular weight excluding hydrogens is 370 g/mol. The molecule has 0 unspecified atom stereocenters. The number of carbonyl (C=O) groups excluding carboxylic acids is 1. The van der Waals surface area contributed by atoms with E-state index in [0.29, 0.717) is 31.4 Å². The van der Waals surface area contributed by atoms with Crippen LogP contribution in [0.15, 0.2) is 10.7 Å². The Bertz CT molecular complexity index is 921. The van der Waals surface area contributed by atoms with Gasteiger partial charge in [-0.2, -0.15) is 4.98 Å². The van der Waals surface area contributed by atoms with Gasteiger partial charge >= 0.3 is 0 Å². The number of fused-ring (bicyclic) bond motifs is 1. The van der Waals surface area contributed by atoms with Gasteiger partial charge in [-0.05, 0) is 57.3 Å². The quantitative estimate of drug-likeness (QED) is 0.782. The molecule has 2 aromatic rings. The van der Waals surface area contributed by atoms with E-state index in [4.69, 9.17) is 9.26 Å². The van der Waals surface area contributed by atoms with E-state index < -0.39 is 0 Å². The zero-order valence-corrected chi connectivity index (χ0v) is 17.1. The average molecular weight is 397 g/mol. The molecule has 5 rings (SSSR count). The van der Waals surface area contributed by atoms with Crippen LogP contribution in [0.1, 0.15) is 47.9 Å². The van der Waals surface area contributed by atoms with E-state index in [-0.39, 0.29) is 17.9 Å². The molecule has 0 spiro atoms. The van der Waals surface area contributed by atoms with Crippen LogP contribution in [0, 0.1) is 6.92 Å². The van der Waals surface area contributed by atoms with Crippen molar-refractivity contribution in [3.8, 4) is 11.4 Å². The average Bonchev–Trinajstić information content (AvgIpc) is 3.48. The van der Waals surface area contributed by atoms with Gasteiger partial charge in [0.15, 0.2) is 0 Å². The molecule has 0 aromatic carbocycles. The van der Waals surface area contributed by atoms with Gasteiger partial charge in [0.1, 0.15) is 0 Å². The molecule has 3 aliphatic rings. The highest BCUT2D eigenvalue weighted by atomic mass is 16.5. The SMILES string of the molecule is Cc1ncc2c(c1-c1noc([C@@H]3CCOC3)n1)CCN(C(=O)[C@@H]1CCCN1C)C2. The van der Waals surface area contributed by atoms with Gasteiger partial charge < -0.3 is 14.2 Å². The molecule has 0 aliphatic carbocycles. The summed E-state index contributed by atoms with van der Waals surface area (Å²) < 4.78 is 11.0. The van der Waals surface area contributed by atoms with Crippen LogP contribution in [0.3, 0.4) is 0 Å². The van der Waals surface area contributed by atoms with Crippen molar-refractivity contribution in [2.45, 2.75) is 51.1 Å². The zero-order valence-electron chi connectivity index (χ0n) is 17.1. The molecule has 8 nitrogen and oxygen atoms in total. The lowest BCUT2D eigenvalue weighted by atomic mass is 9.94. The molecule has 2 aromatic heterocycles. The zero-order chi connectivity index (χ0) is 20.0. The highest BCUT2D eigenvalue weighted by Gasteiger charge is 2.34. The Morgan fingerprint density at radius 1 is 1.28 bits per heavy atom. The van der Waals surface area contributed by atoms with E-state index in [1.165, 1.54) is 5.56 Å². The van der Waals surface area contributed by atoms with E-state index >= 15 is 0 Å². The fourth-order valence-electron chi connectivity index (χ4n) is 4.80. The normalized spacial score (nSPS) is 24.8. The number of likely N-dealkylation sites (tertiary alicyclic amines) is 1. The van der Waals surface area contributed by atoms with Crippen molar-refractivity contribution in [3.05, 3.63) is 28.9 Å². The van der Waals surface area contributed by atoms with Crippen LogP contribution in [-0.4, -0.2) is 70.2 Å². The predicted octanol–water partition coefficient (Wildman–Crippen LogP) is 1.92. The third kappa shape index (κ3) is 3.34. The number of hydrogen-bond donors (Lipinski definition) is 0. The number of rotatable bonds is 3. The van der Waals surface area contributed by atoms with Crippen molar-refractivity contribution in [3.63, 3.8) is 0 Å². The third-order valence-corrected chi connectivity index (χ3v) is 6.52. The Morgan fingerprint density at radius 2 is 2.17 bits per heavy atom. The molecule has 0 N–H and O–H groups in total. The number of aryl methyl sites for hydroxylation is 1. The van der Waals surface area contributed by atoms with Crippen molar-refractivity contribution in [2.24, 2.45) is 0 Å². The Kier molecular flexibility index (Phi) is 4.83. The molecule has 2 saturated heterocycles. The smallest absolute Gasteiger partial charge is 0.240 e. The second kappa shape index (κ2) is 7.50. The lowest BCUT2D eigenvalue weighted by molar-refractivity contribution is -0.136. The Labute approximate surface area is 170 Å². The maximum Gasteiger partial charge on any atom is 0.240 e. The summed E-state index contributed by atoms with van der Waals surface area (Å²) in [6.07, 6.45) is 5.64. The summed E-state index contributed by atoms with van der Waals surface area (Å²) in [5.41, 5.74) is 4.13. The number of nitrogens with zero attached hydrogens (tertiary/aromatic N) is 5. The van der Waals surface area contributed by atoms with E-state index in [1.54, 1.807) is 0 Å². The number of pyridine rings is 1. The molecule has 1 amide bonds. The second-order valence-corrected chi connectivity index (χ2v) is 8.39. The van der Waals surface area contributed by atoms with E-state index in [9.17, 15) is 4.79 Å². The van der Waals surface area contributed by atoms with E-state index in [2.05, 4.69) is 20.0 Å². The lowest BCUT2D eigenvalue weighted by Crippen LogP contribution is -2.46. The number of carbonyl (C=O) groups is 1. The van der Waals surface area contributed by atoms with E-state index in [0.717, 1.165) is 55.7 Å². The van der Waals surface area contributed by atoms with Gasteiger partial charge in [0.05, 0.1) is 18.6 Å². The van der Waals surface area contributed by atoms with Crippen LogP contribution in [0.25, 0.3) is 11.4 Å². The second-order valence-electron chi connectivity index (χ2n) is 8.39. The summed E-state index contributed by atoms with van der Waals surface area (Å²) >= 11 is 0. The van der Waals surface area contributed by atoms with Crippen molar-refractivity contribution in [1.29, 1.82) is 0 Å². The number of amides is 1. The fraction of sp³-hybridized carbons (Fsp3) is 0.619. The topological polar surface area (TPSA) is 84.6 Å². The van der Waals surface area contributed by atoms with E-state index in [1.807, 2.05) is 25.1 Å². The lowest BCUT2D eigenvalue weighted by Gasteiger charge is -2.33. The first-order valence-corrected chi connectivity index (χ1v) is 10.5. The maximum atomic E-state index is 13.0. The Morgan fingerprint density at radius 3 is 2.93 bits per heavy atom. The van der Waals surface area contributed by atoms with Gasteiger partial charge in [-0.3, -0.25) is 14.7 Å². The first kappa shape index (κ1) is 18.7. The molecule has 0 bridgehead atoms. The monoisotopic (exact) mass is 397 g/mol. The van der Waals surface area contributed by atoms with Crippen LogP contribution in [-0.2, 0) is 22.5 Å².